The van der Waals surface area contributed by atoms with Gasteiger partial charge in [0.15, 0.2) is 0 Å². The molecule has 2 rings (SSSR count). The lowest BCUT2D eigenvalue weighted by atomic mass is 10.2. The molecule has 0 amide bonds. The van der Waals surface area contributed by atoms with Gasteiger partial charge in [-0.25, -0.2) is 4.68 Å². The fourth-order valence-electron chi connectivity index (χ4n) is 1.45. The van der Waals surface area contributed by atoms with Gasteiger partial charge in [-0.15, -0.1) is 0 Å². The Kier molecular flexibility index (Phi) is 2.68. The largest absolute Gasteiger partial charge is 0.287 e. The molecule has 16 heavy (non-hydrogen) atoms. The summed E-state index contributed by atoms with van der Waals surface area (Å²) in [5.41, 5.74) is 0.270. The van der Waals surface area contributed by atoms with Crippen LogP contribution in [0.5, 0.6) is 0 Å². The second-order valence-corrected chi connectivity index (χ2v) is 3.88. The first kappa shape index (κ1) is 11.1. The van der Waals surface area contributed by atoms with E-state index < -0.39 is 5.92 Å². The molecule has 0 spiro atoms. The lowest BCUT2D eigenvalue weighted by Gasteiger charge is -2.13. The number of hydrogen-bond acceptors (Lipinski definition) is 1. The van der Waals surface area contributed by atoms with Crippen molar-refractivity contribution in [3.8, 4) is 5.69 Å². The predicted octanol–water partition coefficient (Wildman–Crippen LogP) is 3.64. The Balaban J connectivity index is 2.58. The Morgan fingerprint density at radius 3 is 2.56 bits per heavy atom. The maximum absolute atomic E-state index is 13.3. The first-order chi connectivity index (χ1) is 7.50. The maximum atomic E-state index is 13.3. The molecular formula is C11H9ClF2N2. The van der Waals surface area contributed by atoms with Gasteiger partial charge in [-0.2, -0.15) is 13.9 Å². The maximum Gasteiger partial charge on any atom is 0.287 e. The fraction of sp³-hybridized carbons (Fsp3) is 0.182. The van der Waals surface area contributed by atoms with Crippen molar-refractivity contribution in [3.05, 3.63) is 47.2 Å². The van der Waals surface area contributed by atoms with E-state index in [0.717, 1.165) is 11.6 Å². The summed E-state index contributed by atoms with van der Waals surface area (Å²) in [4.78, 5) is 0. The van der Waals surface area contributed by atoms with Crippen LogP contribution in [0.4, 0.5) is 8.78 Å². The van der Waals surface area contributed by atoms with E-state index in [1.165, 1.54) is 12.3 Å². The second kappa shape index (κ2) is 3.87. The zero-order chi connectivity index (χ0) is 11.8. The molecule has 2 aromatic rings. The SMILES string of the molecule is CC(F)(F)c1ccnn1-c1ccccc1Cl. The van der Waals surface area contributed by atoms with E-state index in [9.17, 15) is 8.78 Å². The van der Waals surface area contributed by atoms with Crippen LogP contribution in [-0.2, 0) is 5.92 Å². The molecule has 0 bridgehead atoms. The van der Waals surface area contributed by atoms with Gasteiger partial charge in [0.1, 0.15) is 5.69 Å². The minimum absolute atomic E-state index is 0.180. The number of rotatable bonds is 2. The van der Waals surface area contributed by atoms with Crippen molar-refractivity contribution >= 4 is 11.6 Å². The van der Waals surface area contributed by atoms with Crippen LogP contribution in [0.15, 0.2) is 36.5 Å². The minimum Gasteiger partial charge on any atom is -0.230 e. The third kappa shape index (κ3) is 1.93. The van der Waals surface area contributed by atoms with Crippen molar-refractivity contribution in [1.29, 1.82) is 0 Å². The summed E-state index contributed by atoms with van der Waals surface area (Å²) in [5.74, 6) is -2.95. The zero-order valence-corrected chi connectivity index (χ0v) is 9.25. The molecule has 0 unspecified atom stereocenters. The standard InChI is InChI=1S/C11H9ClF2N2/c1-11(13,14)10-6-7-15-16(10)9-5-3-2-4-8(9)12/h2-7H,1H3. The third-order valence-corrected chi connectivity index (χ3v) is 2.49. The van der Waals surface area contributed by atoms with E-state index in [1.807, 2.05) is 0 Å². The molecule has 0 saturated heterocycles. The summed E-state index contributed by atoms with van der Waals surface area (Å²) in [6, 6.07) is 8.02. The van der Waals surface area contributed by atoms with Crippen molar-refractivity contribution in [2.75, 3.05) is 0 Å². The van der Waals surface area contributed by atoms with Crippen LogP contribution < -0.4 is 0 Å². The Bertz CT molecular complexity index is 503. The average Bonchev–Trinajstić information content (AvgIpc) is 2.66. The van der Waals surface area contributed by atoms with E-state index in [0.29, 0.717) is 10.7 Å². The number of aromatic nitrogens is 2. The van der Waals surface area contributed by atoms with E-state index in [1.54, 1.807) is 24.3 Å². The van der Waals surface area contributed by atoms with Crippen LogP contribution in [0.3, 0.4) is 0 Å². The highest BCUT2D eigenvalue weighted by Gasteiger charge is 2.29. The van der Waals surface area contributed by atoms with Crippen molar-refractivity contribution in [2.24, 2.45) is 0 Å². The molecule has 0 atom stereocenters. The summed E-state index contributed by atoms with van der Waals surface area (Å²) < 4.78 is 27.7. The number of benzene rings is 1. The monoisotopic (exact) mass is 242 g/mol. The van der Waals surface area contributed by atoms with Gasteiger partial charge in [-0.05, 0) is 18.2 Å². The number of para-hydroxylation sites is 1. The second-order valence-electron chi connectivity index (χ2n) is 3.47. The third-order valence-electron chi connectivity index (χ3n) is 2.17. The summed E-state index contributed by atoms with van der Waals surface area (Å²) >= 11 is 5.93. The smallest absolute Gasteiger partial charge is 0.230 e. The Morgan fingerprint density at radius 2 is 1.94 bits per heavy atom. The lowest BCUT2D eigenvalue weighted by molar-refractivity contribution is 0.0102. The van der Waals surface area contributed by atoms with E-state index in [2.05, 4.69) is 5.10 Å². The summed E-state index contributed by atoms with van der Waals surface area (Å²) in [6.07, 6.45) is 1.33. The number of halogens is 3. The van der Waals surface area contributed by atoms with Gasteiger partial charge < -0.3 is 0 Å². The summed E-state index contributed by atoms with van der Waals surface area (Å²) in [6.45, 7) is 0.831. The van der Waals surface area contributed by atoms with Crippen LogP contribution in [0.2, 0.25) is 5.02 Å². The van der Waals surface area contributed by atoms with Crippen molar-refractivity contribution in [1.82, 2.24) is 9.78 Å². The molecule has 0 aliphatic heterocycles. The van der Waals surface area contributed by atoms with Crippen LogP contribution in [0, 0.1) is 0 Å². The highest BCUT2D eigenvalue weighted by atomic mass is 35.5. The summed E-state index contributed by atoms with van der Waals surface area (Å²) in [7, 11) is 0. The number of hydrogen-bond donors (Lipinski definition) is 0. The molecule has 0 fully saturated rings. The van der Waals surface area contributed by atoms with Gasteiger partial charge in [0.2, 0.25) is 0 Å². The molecular weight excluding hydrogens is 234 g/mol. The Hall–Kier alpha value is -1.42. The minimum atomic E-state index is -2.95. The van der Waals surface area contributed by atoms with Crippen molar-refractivity contribution in [2.45, 2.75) is 12.8 Å². The molecule has 0 N–H and O–H groups in total. The number of nitrogens with zero attached hydrogens (tertiary/aromatic N) is 2. The normalized spacial score (nSPS) is 11.8. The molecule has 1 heterocycles. The van der Waals surface area contributed by atoms with E-state index in [-0.39, 0.29) is 5.69 Å². The Labute approximate surface area is 96.5 Å². The molecule has 5 heteroatoms. The van der Waals surface area contributed by atoms with Gasteiger partial charge in [0, 0.05) is 13.1 Å². The first-order valence-corrected chi connectivity index (χ1v) is 5.05. The van der Waals surface area contributed by atoms with E-state index in [4.69, 9.17) is 11.6 Å². The summed E-state index contributed by atoms with van der Waals surface area (Å²) in [5, 5.41) is 4.25. The number of alkyl halides is 2. The quantitative estimate of drug-likeness (QED) is 0.786. The molecule has 84 valence electrons. The molecule has 0 saturated carbocycles. The average molecular weight is 243 g/mol. The van der Waals surface area contributed by atoms with Gasteiger partial charge >= 0.3 is 0 Å². The van der Waals surface area contributed by atoms with Gasteiger partial charge in [-0.1, -0.05) is 23.7 Å². The molecule has 2 nitrogen and oxygen atoms in total. The van der Waals surface area contributed by atoms with Gasteiger partial charge in [0.05, 0.1) is 10.7 Å². The van der Waals surface area contributed by atoms with Crippen molar-refractivity contribution < 1.29 is 8.78 Å². The first-order valence-electron chi connectivity index (χ1n) is 4.67. The van der Waals surface area contributed by atoms with Crippen LogP contribution >= 0.6 is 11.6 Å². The van der Waals surface area contributed by atoms with Crippen LogP contribution in [0.25, 0.3) is 5.69 Å². The molecule has 0 aliphatic rings. The zero-order valence-electron chi connectivity index (χ0n) is 8.49. The molecule has 1 aromatic heterocycles. The molecule has 0 radical (unpaired) electrons. The van der Waals surface area contributed by atoms with Crippen LogP contribution in [-0.4, -0.2) is 9.78 Å². The molecule has 1 aromatic carbocycles. The van der Waals surface area contributed by atoms with Gasteiger partial charge in [0.25, 0.3) is 5.92 Å². The molecule has 0 aliphatic carbocycles. The lowest BCUT2D eigenvalue weighted by Crippen LogP contribution is -2.14. The highest BCUT2D eigenvalue weighted by molar-refractivity contribution is 6.32. The van der Waals surface area contributed by atoms with Gasteiger partial charge in [-0.3, -0.25) is 0 Å². The van der Waals surface area contributed by atoms with Crippen molar-refractivity contribution in [3.63, 3.8) is 0 Å². The highest BCUT2D eigenvalue weighted by Crippen LogP contribution is 2.30. The fourth-order valence-corrected chi connectivity index (χ4v) is 1.67. The predicted molar refractivity (Wildman–Crippen MR) is 58.1 cm³/mol. The van der Waals surface area contributed by atoms with Crippen LogP contribution in [0.1, 0.15) is 12.6 Å². The topological polar surface area (TPSA) is 17.8 Å². The van der Waals surface area contributed by atoms with E-state index >= 15 is 0 Å². The Morgan fingerprint density at radius 1 is 1.25 bits per heavy atom.